The second-order valence-corrected chi connectivity index (χ2v) is 5.85. The van der Waals surface area contributed by atoms with E-state index >= 15 is 0 Å². The molecule has 1 rings (SSSR count). The van der Waals surface area contributed by atoms with Crippen LogP contribution in [0.4, 0.5) is 0 Å². The number of rotatable bonds is 3. The van der Waals surface area contributed by atoms with Gasteiger partial charge in [-0.1, -0.05) is 41.0 Å². The van der Waals surface area contributed by atoms with Crippen molar-refractivity contribution in [3.8, 4) is 0 Å². The maximum Gasteiger partial charge on any atom is -0.0383 e. The van der Waals surface area contributed by atoms with Gasteiger partial charge >= 0.3 is 0 Å². The summed E-state index contributed by atoms with van der Waals surface area (Å²) >= 11 is 0. The van der Waals surface area contributed by atoms with Crippen LogP contribution in [0.25, 0.3) is 0 Å². The van der Waals surface area contributed by atoms with E-state index in [0.29, 0.717) is 0 Å². The average molecular weight is 196 g/mol. The van der Waals surface area contributed by atoms with Crippen molar-refractivity contribution in [2.45, 2.75) is 60.3 Å². The topological polar surface area (TPSA) is 0 Å². The SMILES string of the molecule is CCC1CCC(CC(C)C)C(C)C1C. The van der Waals surface area contributed by atoms with Crippen molar-refractivity contribution in [1.82, 2.24) is 0 Å². The summed E-state index contributed by atoms with van der Waals surface area (Å²) in [6.45, 7) is 12.0. The molecule has 0 aromatic heterocycles. The molecule has 1 aliphatic carbocycles. The first-order chi connectivity index (χ1) is 6.56. The quantitative estimate of drug-likeness (QED) is 0.611. The highest BCUT2D eigenvalue weighted by Crippen LogP contribution is 2.42. The van der Waals surface area contributed by atoms with E-state index in [1.54, 1.807) is 0 Å². The first-order valence-electron chi connectivity index (χ1n) is 6.56. The molecule has 0 N–H and O–H groups in total. The van der Waals surface area contributed by atoms with Crippen LogP contribution in [0.5, 0.6) is 0 Å². The highest BCUT2D eigenvalue weighted by atomic mass is 14.4. The summed E-state index contributed by atoms with van der Waals surface area (Å²) in [6, 6.07) is 0. The molecule has 0 radical (unpaired) electrons. The lowest BCUT2D eigenvalue weighted by atomic mass is 9.65. The van der Waals surface area contributed by atoms with Crippen LogP contribution < -0.4 is 0 Å². The first kappa shape index (κ1) is 12.1. The molecule has 1 aliphatic rings. The standard InChI is InChI=1S/C14H28/c1-6-13-7-8-14(9-10(2)3)12(5)11(13)4/h10-14H,6-9H2,1-5H3. The molecule has 1 fully saturated rings. The summed E-state index contributed by atoms with van der Waals surface area (Å²) in [4.78, 5) is 0. The van der Waals surface area contributed by atoms with Crippen molar-refractivity contribution >= 4 is 0 Å². The Bertz CT molecular complexity index is 159. The third-order valence-corrected chi connectivity index (χ3v) is 4.52. The van der Waals surface area contributed by atoms with Crippen molar-refractivity contribution in [3.05, 3.63) is 0 Å². The molecular weight excluding hydrogens is 168 g/mol. The van der Waals surface area contributed by atoms with Gasteiger partial charge in [0.1, 0.15) is 0 Å². The van der Waals surface area contributed by atoms with Crippen LogP contribution in [0.1, 0.15) is 60.3 Å². The zero-order chi connectivity index (χ0) is 10.7. The van der Waals surface area contributed by atoms with Gasteiger partial charge in [0.2, 0.25) is 0 Å². The van der Waals surface area contributed by atoms with E-state index in [0.717, 1.165) is 29.6 Å². The van der Waals surface area contributed by atoms with Gasteiger partial charge in [0.15, 0.2) is 0 Å². The second kappa shape index (κ2) is 5.19. The Morgan fingerprint density at radius 1 is 1.00 bits per heavy atom. The molecule has 0 spiro atoms. The van der Waals surface area contributed by atoms with Crippen LogP contribution in [-0.2, 0) is 0 Å². The van der Waals surface area contributed by atoms with Crippen LogP contribution >= 0.6 is 0 Å². The van der Waals surface area contributed by atoms with E-state index in [-0.39, 0.29) is 0 Å². The fraction of sp³-hybridized carbons (Fsp3) is 1.00. The van der Waals surface area contributed by atoms with E-state index in [4.69, 9.17) is 0 Å². The Kier molecular flexibility index (Phi) is 4.47. The minimum absolute atomic E-state index is 0.882. The first-order valence-corrected chi connectivity index (χ1v) is 6.56. The van der Waals surface area contributed by atoms with Gasteiger partial charge in [-0.15, -0.1) is 0 Å². The fourth-order valence-corrected chi connectivity index (χ4v) is 3.33. The summed E-state index contributed by atoms with van der Waals surface area (Å²) in [5.41, 5.74) is 0. The molecule has 84 valence electrons. The Morgan fingerprint density at radius 2 is 1.50 bits per heavy atom. The van der Waals surface area contributed by atoms with E-state index in [2.05, 4.69) is 34.6 Å². The van der Waals surface area contributed by atoms with Crippen LogP contribution in [0.3, 0.4) is 0 Å². The van der Waals surface area contributed by atoms with Crippen molar-refractivity contribution in [1.29, 1.82) is 0 Å². The van der Waals surface area contributed by atoms with Gasteiger partial charge in [-0.3, -0.25) is 0 Å². The molecule has 0 heteroatoms. The van der Waals surface area contributed by atoms with Crippen molar-refractivity contribution in [2.75, 3.05) is 0 Å². The van der Waals surface area contributed by atoms with Crippen molar-refractivity contribution < 1.29 is 0 Å². The molecular formula is C14H28. The van der Waals surface area contributed by atoms with Gasteiger partial charge in [-0.25, -0.2) is 0 Å². The van der Waals surface area contributed by atoms with E-state index < -0.39 is 0 Å². The maximum absolute atomic E-state index is 2.49. The average Bonchev–Trinajstić information content (AvgIpc) is 2.13. The molecule has 0 aromatic carbocycles. The molecule has 4 atom stereocenters. The normalized spacial score (nSPS) is 39.0. The molecule has 0 amide bonds. The molecule has 1 saturated carbocycles. The summed E-state index contributed by atoms with van der Waals surface area (Å²) in [6.07, 6.45) is 5.81. The lowest BCUT2D eigenvalue weighted by Gasteiger charge is -2.40. The van der Waals surface area contributed by atoms with Crippen LogP contribution in [0.2, 0.25) is 0 Å². The molecule has 0 saturated heterocycles. The summed E-state index contributed by atoms with van der Waals surface area (Å²) in [5, 5.41) is 0. The minimum Gasteiger partial charge on any atom is -0.0651 e. The lowest BCUT2D eigenvalue weighted by Crippen LogP contribution is -2.31. The van der Waals surface area contributed by atoms with Gasteiger partial charge in [-0.05, 0) is 48.9 Å². The van der Waals surface area contributed by atoms with Gasteiger partial charge in [0, 0.05) is 0 Å². The van der Waals surface area contributed by atoms with Crippen LogP contribution in [0, 0.1) is 29.6 Å². The molecule has 14 heavy (non-hydrogen) atoms. The number of hydrogen-bond acceptors (Lipinski definition) is 0. The van der Waals surface area contributed by atoms with Crippen molar-refractivity contribution in [3.63, 3.8) is 0 Å². The number of hydrogen-bond donors (Lipinski definition) is 0. The highest BCUT2D eigenvalue weighted by molar-refractivity contribution is 4.82. The summed E-state index contributed by atoms with van der Waals surface area (Å²) < 4.78 is 0. The largest absolute Gasteiger partial charge is 0.0651 e. The van der Waals surface area contributed by atoms with Gasteiger partial charge in [-0.2, -0.15) is 0 Å². The lowest BCUT2D eigenvalue weighted by molar-refractivity contribution is 0.0980. The van der Waals surface area contributed by atoms with E-state index in [1.165, 1.54) is 25.7 Å². The Labute approximate surface area is 90.5 Å². The minimum atomic E-state index is 0.882. The zero-order valence-corrected chi connectivity index (χ0v) is 10.7. The third-order valence-electron chi connectivity index (χ3n) is 4.52. The molecule has 0 aliphatic heterocycles. The smallest absolute Gasteiger partial charge is 0.0383 e. The van der Waals surface area contributed by atoms with Crippen LogP contribution in [-0.4, -0.2) is 0 Å². The van der Waals surface area contributed by atoms with Gasteiger partial charge in [0.25, 0.3) is 0 Å². The zero-order valence-electron chi connectivity index (χ0n) is 10.7. The Morgan fingerprint density at radius 3 is 2.00 bits per heavy atom. The molecule has 0 aromatic rings. The van der Waals surface area contributed by atoms with Gasteiger partial charge in [0.05, 0.1) is 0 Å². The monoisotopic (exact) mass is 196 g/mol. The Balaban J connectivity index is 2.50. The second-order valence-electron chi connectivity index (χ2n) is 5.85. The van der Waals surface area contributed by atoms with E-state index in [1.807, 2.05) is 0 Å². The molecule has 0 heterocycles. The predicted octanol–water partition coefficient (Wildman–Crippen LogP) is 4.74. The summed E-state index contributed by atoms with van der Waals surface area (Å²) in [5.74, 6) is 4.81. The third kappa shape index (κ3) is 2.74. The van der Waals surface area contributed by atoms with Crippen LogP contribution in [0.15, 0.2) is 0 Å². The predicted molar refractivity (Wildman–Crippen MR) is 64.3 cm³/mol. The summed E-state index contributed by atoms with van der Waals surface area (Å²) in [7, 11) is 0. The molecule has 4 unspecified atom stereocenters. The van der Waals surface area contributed by atoms with E-state index in [9.17, 15) is 0 Å². The molecule has 0 bridgehead atoms. The Hall–Kier alpha value is 0. The maximum atomic E-state index is 2.49. The fourth-order valence-electron chi connectivity index (χ4n) is 3.33. The highest BCUT2D eigenvalue weighted by Gasteiger charge is 2.32. The van der Waals surface area contributed by atoms with Gasteiger partial charge < -0.3 is 0 Å². The van der Waals surface area contributed by atoms with Crippen molar-refractivity contribution in [2.24, 2.45) is 29.6 Å². The molecule has 0 nitrogen and oxygen atoms in total.